The first-order valence-corrected chi connectivity index (χ1v) is 8.94. The third-order valence-electron chi connectivity index (χ3n) is 4.06. The van der Waals surface area contributed by atoms with E-state index in [1.807, 2.05) is 61.0 Å². The Morgan fingerprint density at radius 1 is 1.16 bits per heavy atom. The largest absolute Gasteiger partial charge is 0.360 e. The molecule has 4 rings (SSSR count). The van der Waals surface area contributed by atoms with E-state index < -0.39 is 0 Å². The van der Waals surface area contributed by atoms with Gasteiger partial charge >= 0.3 is 0 Å². The summed E-state index contributed by atoms with van der Waals surface area (Å²) < 4.78 is 0. The fraction of sp³-hybridized carbons (Fsp3) is 0.100. The van der Waals surface area contributed by atoms with Crippen molar-refractivity contribution in [3.63, 3.8) is 0 Å². The van der Waals surface area contributed by atoms with E-state index in [2.05, 4.69) is 21.4 Å². The number of thiazole rings is 1. The van der Waals surface area contributed by atoms with E-state index in [0.717, 1.165) is 32.9 Å². The summed E-state index contributed by atoms with van der Waals surface area (Å²) in [7, 11) is 0. The number of aromatic amines is 1. The van der Waals surface area contributed by atoms with Crippen molar-refractivity contribution in [1.82, 2.24) is 9.97 Å². The molecule has 0 fully saturated rings. The van der Waals surface area contributed by atoms with Gasteiger partial charge in [0.15, 0.2) is 0 Å². The van der Waals surface area contributed by atoms with E-state index in [1.165, 1.54) is 16.9 Å². The smallest absolute Gasteiger partial charge is 0.231 e. The first kappa shape index (κ1) is 15.6. The number of anilines is 1. The Morgan fingerprint density at radius 3 is 2.80 bits per heavy atom. The Morgan fingerprint density at radius 2 is 1.96 bits per heavy atom. The number of para-hydroxylation sites is 1. The van der Waals surface area contributed by atoms with Crippen LogP contribution in [0, 0.1) is 6.92 Å². The van der Waals surface area contributed by atoms with E-state index in [1.54, 1.807) is 0 Å². The van der Waals surface area contributed by atoms with E-state index in [0.29, 0.717) is 0 Å². The molecule has 2 aromatic carbocycles. The van der Waals surface area contributed by atoms with Gasteiger partial charge in [0.1, 0.15) is 5.01 Å². The maximum absolute atomic E-state index is 12.2. The second-order valence-electron chi connectivity index (χ2n) is 5.97. The van der Waals surface area contributed by atoms with Crippen LogP contribution in [0.15, 0.2) is 60.1 Å². The summed E-state index contributed by atoms with van der Waals surface area (Å²) in [5, 5.41) is 6.87. The molecule has 5 heteroatoms. The highest BCUT2D eigenvalue weighted by Gasteiger charge is 2.12. The lowest BCUT2D eigenvalue weighted by atomic mass is 10.1. The maximum Gasteiger partial charge on any atom is 0.231 e. The number of carbonyl (C=O) groups excluding carboxylic acids is 1. The molecular weight excluding hydrogens is 330 g/mol. The fourth-order valence-corrected chi connectivity index (χ4v) is 3.57. The molecule has 0 saturated carbocycles. The van der Waals surface area contributed by atoms with Crippen LogP contribution in [-0.4, -0.2) is 15.9 Å². The molecule has 0 unspecified atom stereocenters. The summed E-state index contributed by atoms with van der Waals surface area (Å²) in [4.78, 5) is 20.1. The minimum atomic E-state index is -0.0521. The summed E-state index contributed by atoms with van der Waals surface area (Å²) in [5.74, 6) is -0.0521. The molecule has 1 amide bonds. The summed E-state index contributed by atoms with van der Waals surface area (Å²) in [5.41, 5.74) is 5.03. The van der Waals surface area contributed by atoms with E-state index in [-0.39, 0.29) is 12.3 Å². The summed E-state index contributed by atoms with van der Waals surface area (Å²) in [6.45, 7) is 2.02. The van der Waals surface area contributed by atoms with Crippen LogP contribution in [0.2, 0.25) is 0 Å². The van der Waals surface area contributed by atoms with Crippen molar-refractivity contribution >= 4 is 33.8 Å². The number of benzene rings is 2. The number of hydrogen-bond acceptors (Lipinski definition) is 3. The zero-order valence-electron chi connectivity index (χ0n) is 13.7. The number of fused-ring (bicyclic) bond motifs is 1. The molecule has 0 aliphatic carbocycles. The number of nitrogens with one attached hydrogen (secondary N) is 2. The monoisotopic (exact) mass is 347 g/mol. The first-order chi connectivity index (χ1) is 12.2. The molecule has 0 aliphatic rings. The second kappa shape index (κ2) is 6.53. The van der Waals surface area contributed by atoms with Crippen LogP contribution < -0.4 is 5.32 Å². The van der Waals surface area contributed by atoms with Crippen molar-refractivity contribution < 1.29 is 4.79 Å². The van der Waals surface area contributed by atoms with Crippen LogP contribution in [0.3, 0.4) is 0 Å². The average molecular weight is 347 g/mol. The number of aryl methyl sites for hydroxylation is 1. The number of aromatic nitrogens is 2. The molecule has 0 saturated heterocycles. The molecule has 2 heterocycles. The van der Waals surface area contributed by atoms with E-state index in [4.69, 9.17) is 0 Å². The minimum Gasteiger partial charge on any atom is -0.360 e. The maximum atomic E-state index is 12.2. The van der Waals surface area contributed by atoms with Crippen molar-refractivity contribution in [3.05, 3.63) is 70.7 Å². The Labute approximate surface area is 149 Å². The molecule has 0 atom stereocenters. The van der Waals surface area contributed by atoms with Gasteiger partial charge in [-0.05, 0) is 25.1 Å². The molecule has 0 bridgehead atoms. The summed E-state index contributed by atoms with van der Waals surface area (Å²) >= 11 is 1.51. The van der Waals surface area contributed by atoms with Gasteiger partial charge in [-0.3, -0.25) is 4.79 Å². The lowest BCUT2D eigenvalue weighted by Crippen LogP contribution is -2.14. The van der Waals surface area contributed by atoms with Gasteiger partial charge in [0.25, 0.3) is 0 Å². The van der Waals surface area contributed by atoms with E-state index in [9.17, 15) is 4.79 Å². The SMILES string of the molecule is Cc1ccc(NC(=O)Cc2nc(-c3c[nH]c4ccccc34)cs2)cc1. The van der Waals surface area contributed by atoms with Crippen molar-refractivity contribution in [1.29, 1.82) is 0 Å². The molecule has 0 spiro atoms. The van der Waals surface area contributed by atoms with E-state index >= 15 is 0 Å². The van der Waals surface area contributed by atoms with Crippen molar-refractivity contribution in [2.45, 2.75) is 13.3 Å². The van der Waals surface area contributed by atoms with Crippen molar-refractivity contribution in [2.24, 2.45) is 0 Å². The molecule has 2 N–H and O–H groups in total. The van der Waals surface area contributed by atoms with Gasteiger partial charge in [-0.25, -0.2) is 4.98 Å². The number of hydrogen-bond donors (Lipinski definition) is 2. The number of rotatable bonds is 4. The normalized spacial score (nSPS) is 10.9. The standard InChI is InChI=1S/C20H17N3OS/c1-13-6-8-14(9-7-13)22-19(24)10-20-23-18(12-25-20)16-11-21-17-5-3-2-4-15(16)17/h2-9,11-12,21H,10H2,1H3,(H,22,24). The number of amides is 1. The van der Waals surface area contributed by atoms with Crippen LogP contribution in [0.5, 0.6) is 0 Å². The Balaban J connectivity index is 1.49. The Bertz CT molecular complexity index is 1030. The van der Waals surface area contributed by atoms with Crippen molar-refractivity contribution in [3.8, 4) is 11.3 Å². The number of H-pyrrole nitrogens is 1. The fourth-order valence-electron chi connectivity index (χ4n) is 2.78. The van der Waals surface area contributed by atoms with Gasteiger partial charge in [-0.2, -0.15) is 0 Å². The molecule has 2 aromatic heterocycles. The predicted molar refractivity (Wildman–Crippen MR) is 103 cm³/mol. The molecule has 124 valence electrons. The molecular formula is C20H17N3OS. The number of carbonyl (C=O) groups is 1. The lowest BCUT2D eigenvalue weighted by molar-refractivity contribution is -0.115. The zero-order valence-corrected chi connectivity index (χ0v) is 14.6. The van der Waals surface area contributed by atoms with Crippen LogP contribution in [-0.2, 0) is 11.2 Å². The van der Waals surface area contributed by atoms with Crippen LogP contribution in [0.25, 0.3) is 22.2 Å². The third-order valence-corrected chi connectivity index (χ3v) is 4.91. The average Bonchev–Trinajstić information content (AvgIpc) is 3.23. The minimum absolute atomic E-state index is 0.0521. The lowest BCUT2D eigenvalue weighted by Gasteiger charge is -2.04. The predicted octanol–water partition coefficient (Wildman–Crippen LogP) is 4.78. The van der Waals surface area contributed by atoms with Gasteiger partial charge in [0.2, 0.25) is 5.91 Å². The van der Waals surface area contributed by atoms with Gasteiger partial charge < -0.3 is 10.3 Å². The second-order valence-corrected chi connectivity index (χ2v) is 6.91. The summed E-state index contributed by atoms with van der Waals surface area (Å²) in [6, 6.07) is 15.9. The summed E-state index contributed by atoms with van der Waals surface area (Å²) in [6.07, 6.45) is 2.25. The highest BCUT2D eigenvalue weighted by molar-refractivity contribution is 7.10. The molecule has 0 aliphatic heterocycles. The van der Waals surface area contributed by atoms with Gasteiger partial charge in [0, 0.05) is 33.7 Å². The molecule has 25 heavy (non-hydrogen) atoms. The number of nitrogens with zero attached hydrogens (tertiary/aromatic N) is 1. The highest BCUT2D eigenvalue weighted by atomic mass is 32.1. The van der Waals surface area contributed by atoms with Gasteiger partial charge in [-0.1, -0.05) is 35.9 Å². The third kappa shape index (κ3) is 3.32. The Hall–Kier alpha value is -2.92. The highest BCUT2D eigenvalue weighted by Crippen LogP contribution is 2.29. The Kier molecular flexibility index (Phi) is 4.07. The van der Waals surface area contributed by atoms with Gasteiger partial charge in [0.05, 0.1) is 12.1 Å². The van der Waals surface area contributed by atoms with Crippen molar-refractivity contribution in [2.75, 3.05) is 5.32 Å². The first-order valence-electron chi connectivity index (χ1n) is 8.06. The van der Waals surface area contributed by atoms with Crippen LogP contribution >= 0.6 is 11.3 Å². The molecule has 0 radical (unpaired) electrons. The van der Waals surface area contributed by atoms with Crippen LogP contribution in [0.4, 0.5) is 5.69 Å². The van der Waals surface area contributed by atoms with Crippen LogP contribution in [0.1, 0.15) is 10.6 Å². The molecule has 4 aromatic rings. The van der Waals surface area contributed by atoms with Gasteiger partial charge in [-0.15, -0.1) is 11.3 Å². The zero-order chi connectivity index (χ0) is 17.2. The topological polar surface area (TPSA) is 57.8 Å². The quantitative estimate of drug-likeness (QED) is 0.558. The molecule has 4 nitrogen and oxygen atoms in total.